The fraction of sp³-hybridized carbons (Fsp3) is 0.227. The monoisotopic (exact) mass is 425 g/mol. The number of carbonyl (C=O) groups is 3. The number of amides is 4. The van der Waals surface area contributed by atoms with Crippen molar-refractivity contribution in [3.8, 4) is 0 Å². The third-order valence-electron chi connectivity index (χ3n) is 5.06. The highest BCUT2D eigenvalue weighted by Crippen LogP contribution is 2.34. The van der Waals surface area contributed by atoms with Gasteiger partial charge in [-0.2, -0.15) is 0 Å². The minimum atomic E-state index is -0.531. The summed E-state index contributed by atoms with van der Waals surface area (Å²) >= 11 is 1.33. The molecule has 2 heterocycles. The van der Waals surface area contributed by atoms with Crippen molar-refractivity contribution in [1.29, 1.82) is 0 Å². The Balaban J connectivity index is 1.51. The Bertz CT molecular complexity index is 1010. The number of rotatable bonds is 5. The number of benzene rings is 2. The molecule has 0 saturated carbocycles. The van der Waals surface area contributed by atoms with Gasteiger partial charge in [-0.3, -0.25) is 14.5 Å². The van der Waals surface area contributed by atoms with Crippen molar-refractivity contribution in [3.05, 3.63) is 77.0 Å². The number of thioether (sulfide) groups is 1. The largest absolute Gasteiger partial charge is 0.328 e. The van der Waals surface area contributed by atoms with Crippen LogP contribution in [0.1, 0.15) is 11.1 Å². The van der Waals surface area contributed by atoms with Gasteiger partial charge >= 0.3 is 6.03 Å². The SMILES string of the molecule is Cc1ccc(NC(=O)CN2C(=O)N(Cc3ccc(F)cc3)C(=O)C3SC=CC32)cc1. The van der Waals surface area contributed by atoms with E-state index >= 15 is 0 Å². The van der Waals surface area contributed by atoms with Crippen molar-refractivity contribution in [2.75, 3.05) is 11.9 Å². The normalized spacial score (nSPS) is 20.5. The molecule has 1 N–H and O–H groups in total. The standard InChI is InChI=1S/C22H20FN3O3S/c1-14-2-8-17(9-3-14)24-19(27)13-25-18-10-11-30-20(18)21(28)26(22(25)29)12-15-4-6-16(23)7-5-15/h2-11,18,20H,12-13H2,1H3,(H,24,27). The van der Waals surface area contributed by atoms with Gasteiger partial charge in [0.1, 0.15) is 17.6 Å². The van der Waals surface area contributed by atoms with Crippen LogP contribution < -0.4 is 5.32 Å². The van der Waals surface area contributed by atoms with E-state index in [0.29, 0.717) is 11.3 Å². The highest BCUT2D eigenvalue weighted by Gasteiger charge is 2.47. The zero-order valence-electron chi connectivity index (χ0n) is 16.2. The molecule has 0 aliphatic carbocycles. The molecule has 2 aliphatic rings. The molecule has 4 rings (SSSR count). The smallest absolute Gasteiger partial charge is 0.325 e. The first kappa shape index (κ1) is 20.2. The lowest BCUT2D eigenvalue weighted by Crippen LogP contribution is -2.62. The van der Waals surface area contributed by atoms with Gasteiger partial charge in [0.2, 0.25) is 11.8 Å². The molecule has 154 valence electrons. The molecule has 4 amide bonds. The van der Waals surface area contributed by atoms with E-state index in [2.05, 4.69) is 5.32 Å². The summed E-state index contributed by atoms with van der Waals surface area (Å²) in [6.07, 6.45) is 1.78. The Morgan fingerprint density at radius 1 is 1.10 bits per heavy atom. The number of hydrogen-bond acceptors (Lipinski definition) is 4. The van der Waals surface area contributed by atoms with Gasteiger partial charge in [0.15, 0.2) is 0 Å². The Morgan fingerprint density at radius 2 is 1.80 bits per heavy atom. The molecule has 8 heteroatoms. The van der Waals surface area contributed by atoms with E-state index < -0.39 is 17.3 Å². The van der Waals surface area contributed by atoms with Gasteiger partial charge in [0.05, 0.1) is 12.6 Å². The van der Waals surface area contributed by atoms with E-state index in [1.165, 1.54) is 40.9 Å². The molecule has 6 nitrogen and oxygen atoms in total. The maximum Gasteiger partial charge on any atom is 0.328 e. The molecule has 2 atom stereocenters. The first-order valence-corrected chi connectivity index (χ1v) is 10.4. The fourth-order valence-corrected chi connectivity index (χ4v) is 4.54. The van der Waals surface area contributed by atoms with Gasteiger partial charge in [-0.15, -0.1) is 11.8 Å². The van der Waals surface area contributed by atoms with Crippen LogP contribution in [-0.2, 0) is 16.1 Å². The van der Waals surface area contributed by atoms with Crippen LogP contribution in [0.5, 0.6) is 0 Å². The lowest BCUT2D eigenvalue weighted by atomic mass is 10.1. The summed E-state index contributed by atoms with van der Waals surface area (Å²) in [6.45, 7) is 1.80. The predicted molar refractivity (Wildman–Crippen MR) is 113 cm³/mol. The van der Waals surface area contributed by atoms with Crippen molar-refractivity contribution in [3.63, 3.8) is 0 Å². The number of hydrogen-bond donors (Lipinski definition) is 1. The van der Waals surface area contributed by atoms with E-state index in [9.17, 15) is 18.8 Å². The van der Waals surface area contributed by atoms with E-state index in [1.807, 2.05) is 19.1 Å². The van der Waals surface area contributed by atoms with Crippen LogP contribution in [0.4, 0.5) is 14.9 Å². The second-order valence-corrected chi connectivity index (χ2v) is 8.30. The topological polar surface area (TPSA) is 69.7 Å². The molecule has 0 spiro atoms. The van der Waals surface area contributed by atoms with Gasteiger partial charge in [0.25, 0.3) is 0 Å². The summed E-state index contributed by atoms with van der Waals surface area (Å²) < 4.78 is 13.2. The van der Waals surface area contributed by atoms with Gasteiger partial charge in [-0.1, -0.05) is 35.9 Å². The third-order valence-corrected chi connectivity index (χ3v) is 6.15. The number of carbonyl (C=O) groups excluding carboxylic acids is 3. The fourth-order valence-electron chi connectivity index (χ4n) is 3.48. The van der Waals surface area contributed by atoms with Gasteiger partial charge in [-0.05, 0) is 42.2 Å². The molecule has 1 fully saturated rings. The van der Waals surface area contributed by atoms with Crippen LogP contribution in [0, 0.1) is 12.7 Å². The number of nitrogens with one attached hydrogen (secondary N) is 1. The summed E-state index contributed by atoms with van der Waals surface area (Å²) in [5, 5.41) is 4.08. The average molecular weight is 425 g/mol. The molecule has 2 aromatic rings. The van der Waals surface area contributed by atoms with Gasteiger partial charge in [0, 0.05) is 5.69 Å². The first-order chi connectivity index (χ1) is 14.4. The number of nitrogens with zero attached hydrogens (tertiary/aromatic N) is 2. The second kappa shape index (κ2) is 8.31. The highest BCUT2D eigenvalue weighted by molar-refractivity contribution is 8.03. The second-order valence-electron chi connectivity index (χ2n) is 7.25. The summed E-state index contributed by atoms with van der Waals surface area (Å²) in [7, 11) is 0. The summed E-state index contributed by atoms with van der Waals surface area (Å²) in [5.74, 6) is -1.04. The third kappa shape index (κ3) is 4.09. The molecule has 2 unspecified atom stereocenters. The molecule has 0 bridgehead atoms. The van der Waals surface area contributed by atoms with Gasteiger partial charge < -0.3 is 10.2 Å². The van der Waals surface area contributed by atoms with Crippen molar-refractivity contribution in [2.24, 2.45) is 0 Å². The van der Waals surface area contributed by atoms with E-state index in [-0.39, 0.29) is 30.7 Å². The van der Waals surface area contributed by atoms with Crippen LogP contribution in [0.25, 0.3) is 0 Å². The number of imide groups is 1. The molecular formula is C22H20FN3O3S. The minimum Gasteiger partial charge on any atom is -0.325 e. The quantitative estimate of drug-likeness (QED) is 0.796. The van der Waals surface area contributed by atoms with Crippen molar-refractivity contribution >= 4 is 35.3 Å². The molecule has 1 saturated heterocycles. The molecule has 2 aromatic carbocycles. The Hall–Kier alpha value is -3.13. The number of aryl methyl sites for hydroxylation is 1. The van der Waals surface area contributed by atoms with Crippen LogP contribution in [0.3, 0.4) is 0 Å². The maximum atomic E-state index is 13.2. The van der Waals surface area contributed by atoms with Crippen molar-refractivity contribution in [1.82, 2.24) is 9.80 Å². The maximum absolute atomic E-state index is 13.2. The summed E-state index contributed by atoms with van der Waals surface area (Å²) in [5.41, 5.74) is 2.35. The van der Waals surface area contributed by atoms with Crippen LogP contribution >= 0.6 is 11.8 Å². The molecule has 0 aromatic heterocycles. The van der Waals surface area contributed by atoms with E-state index in [4.69, 9.17) is 0 Å². The van der Waals surface area contributed by atoms with Crippen molar-refractivity contribution in [2.45, 2.75) is 24.8 Å². The average Bonchev–Trinajstić information content (AvgIpc) is 3.22. The van der Waals surface area contributed by atoms with Crippen LogP contribution in [0.2, 0.25) is 0 Å². The van der Waals surface area contributed by atoms with E-state index in [1.54, 1.807) is 23.6 Å². The summed E-state index contributed by atoms with van der Waals surface area (Å²) in [4.78, 5) is 41.1. The zero-order chi connectivity index (χ0) is 21.3. The highest BCUT2D eigenvalue weighted by atomic mass is 32.2. The molecular weight excluding hydrogens is 405 g/mol. The Kier molecular flexibility index (Phi) is 5.59. The summed E-state index contributed by atoms with van der Waals surface area (Å²) in [6, 6.07) is 12.0. The van der Waals surface area contributed by atoms with Crippen LogP contribution in [0.15, 0.2) is 60.0 Å². The molecule has 30 heavy (non-hydrogen) atoms. The minimum absolute atomic E-state index is 0.0256. The number of fused-ring (bicyclic) bond motifs is 1. The lowest BCUT2D eigenvalue weighted by molar-refractivity contribution is -0.132. The Labute approximate surface area is 177 Å². The molecule has 0 radical (unpaired) electrons. The predicted octanol–water partition coefficient (Wildman–Crippen LogP) is 3.53. The van der Waals surface area contributed by atoms with E-state index in [0.717, 1.165) is 10.5 Å². The number of halogens is 1. The molecule has 2 aliphatic heterocycles. The van der Waals surface area contributed by atoms with Crippen LogP contribution in [-0.4, -0.2) is 45.5 Å². The number of anilines is 1. The first-order valence-electron chi connectivity index (χ1n) is 9.47. The Morgan fingerprint density at radius 3 is 2.50 bits per heavy atom. The number of urea groups is 1. The lowest BCUT2D eigenvalue weighted by Gasteiger charge is -2.40. The van der Waals surface area contributed by atoms with Crippen molar-refractivity contribution < 1.29 is 18.8 Å². The zero-order valence-corrected chi connectivity index (χ0v) is 17.1. The van der Waals surface area contributed by atoms with Gasteiger partial charge in [-0.25, -0.2) is 9.18 Å².